The van der Waals surface area contributed by atoms with Crippen molar-refractivity contribution < 1.29 is 14.3 Å². The molecule has 3 aromatic rings. The zero-order chi connectivity index (χ0) is 21.0. The van der Waals surface area contributed by atoms with E-state index in [2.05, 4.69) is 15.5 Å². The predicted octanol–water partition coefficient (Wildman–Crippen LogP) is 2.63. The van der Waals surface area contributed by atoms with E-state index in [1.165, 1.54) is 28.4 Å². The SMILES string of the molecule is CCOc1ccc(/C=N\NC(=O)Cn2cnc3sc(C)c(C)c3c2=O)cc1OC. The summed E-state index contributed by atoms with van der Waals surface area (Å²) in [6.07, 6.45) is 2.88. The van der Waals surface area contributed by atoms with E-state index in [1.54, 1.807) is 25.3 Å². The Labute approximate surface area is 171 Å². The zero-order valence-corrected chi connectivity index (χ0v) is 17.5. The molecule has 2 heterocycles. The summed E-state index contributed by atoms with van der Waals surface area (Å²) in [7, 11) is 1.56. The van der Waals surface area contributed by atoms with Gasteiger partial charge in [0.1, 0.15) is 11.4 Å². The van der Waals surface area contributed by atoms with Crippen molar-refractivity contribution in [2.45, 2.75) is 27.3 Å². The molecule has 2 aromatic heterocycles. The minimum Gasteiger partial charge on any atom is -0.493 e. The number of hydrazone groups is 1. The van der Waals surface area contributed by atoms with Gasteiger partial charge in [-0.1, -0.05) is 0 Å². The van der Waals surface area contributed by atoms with E-state index < -0.39 is 5.91 Å². The molecule has 0 radical (unpaired) electrons. The van der Waals surface area contributed by atoms with Crippen molar-refractivity contribution in [2.24, 2.45) is 5.10 Å². The molecule has 0 aliphatic carbocycles. The first kappa shape index (κ1) is 20.5. The summed E-state index contributed by atoms with van der Waals surface area (Å²) in [4.78, 5) is 30.8. The first-order chi connectivity index (χ1) is 13.9. The second kappa shape index (κ2) is 8.87. The van der Waals surface area contributed by atoms with Crippen LogP contribution in [-0.2, 0) is 11.3 Å². The molecule has 0 fully saturated rings. The molecule has 0 aliphatic heterocycles. The lowest BCUT2D eigenvalue weighted by Gasteiger charge is -2.09. The molecule has 8 nitrogen and oxygen atoms in total. The summed E-state index contributed by atoms with van der Waals surface area (Å²) in [5, 5.41) is 4.51. The van der Waals surface area contributed by atoms with Crippen LogP contribution in [0, 0.1) is 13.8 Å². The summed E-state index contributed by atoms with van der Waals surface area (Å²) in [5.74, 6) is 0.791. The number of thiophene rings is 1. The number of hydrogen-bond donors (Lipinski definition) is 1. The second-order valence-corrected chi connectivity index (χ2v) is 7.48. The fourth-order valence-corrected chi connectivity index (χ4v) is 3.78. The van der Waals surface area contributed by atoms with Gasteiger partial charge >= 0.3 is 0 Å². The minimum atomic E-state index is -0.424. The van der Waals surface area contributed by atoms with E-state index >= 15 is 0 Å². The van der Waals surface area contributed by atoms with Crippen LogP contribution in [0.25, 0.3) is 10.2 Å². The second-order valence-electron chi connectivity index (χ2n) is 6.28. The number of carbonyl (C=O) groups is 1. The van der Waals surface area contributed by atoms with E-state index in [0.29, 0.717) is 28.3 Å². The summed E-state index contributed by atoms with van der Waals surface area (Å²) < 4.78 is 12.0. The third-order valence-electron chi connectivity index (χ3n) is 4.36. The van der Waals surface area contributed by atoms with Crippen molar-refractivity contribution in [3.05, 3.63) is 50.9 Å². The number of hydrogen-bond acceptors (Lipinski definition) is 7. The number of methoxy groups -OCH3 is 1. The molecular weight excluding hydrogens is 392 g/mol. The van der Waals surface area contributed by atoms with E-state index in [4.69, 9.17) is 9.47 Å². The number of nitrogens with one attached hydrogen (secondary N) is 1. The maximum atomic E-state index is 12.6. The number of rotatable bonds is 7. The molecule has 29 heavy (non-hydrogen) atoms. The summed E-state index contributed by atoms with van der Waals surface area (Å²) in [6, 6.07) is 5.33. The van der Waals surface area contributed by atoms with Crippen LogP contribution < -0.4 is 20.5 Å². The van der Waals surface area contributed by atoms with Gasteiger partial charge < -0.3 is 9.47 Å². The Morgan fingerprint density at radius 2 is 2.14 bits per heavy atom. The Hall–Kier alpha value is -3.20. The van der Waals surface area contributed by atoms with Crippen molar-refractivity contribution in [2.75, 3.05) is 13.7 Å². The average molecular weight is 414 g/mol. The monoisotopic (exact) mass is 414 g/mol. The predicted molar refractivity (Wildman–Crippen MR) is 113 cm³/mol. The lowest BCUT2D eigenvalue weighted by molar-refractivity contribution is -0.121. The molecule has 0 atom stereocenters. The molecule has 0 unspecified atom stereocenters. The van der Waals surface area contributed by atoms with Crippen LogP contribution >= 0.6 is 11.3 Å². The Bertz CT molecular complexity index is 1130. The summed E-state index contributed by atoms with van der Waals surface area (Å²) >= 11 is 1.47. The number of ether oxygens (including phenoxy) is 2. The van der Waals surface area contributed by atoms with Crippen LogP contribution in [0.15, 0.2) is 34.4 Å². The van der Waals surface area contributed by atoms with Gasteiger partial charge in [-0.25, -0.2) is 10.4 Å². The number of fused-ring (bicyclic) bond motifs is 1. The number of amides is 1. The third kappa shape index (κ3) is 4.45. The largest absolute Gasteiger partial charge is 0.493 e. The molecule has 1 N–H and O–H groups in total. The highest BCUT2D eigenvalue weighted by atomic mass is 32.1. The first-order valence-electron chi connectivity index (χ1n) is 9.02. The molecule has 0 saturated carbocycles. The minimum absolute atomic E-state index is 0.167. The number of carbonyl (C=O) groups excluding carboxylic acids is 1. The highest BCUT2D eigenvalue weighted by Crippen LogP contribution is 2.27. The fourth-order valence-electron chi connectivity index (χ4n) is 2.79. The van der Waals surface area contributed by atoms with Gasteiger partial charge in [0.2, 0.25) is 0 Å². The van der Waals surface area contributed by atoms with Gasteiger partial charge in [0.15, 0.2) is 11.5 Å². The fraction of sp³-hybridized carbons (Fsp3) is 0.300. The van der Waals surface area contributed by atoms with E-state index in [-0.39, 0.29) is 12.1 Å². The standard InChI is InChI=1S/C20H22N4O4S/c1-5-28-15-7-6-14(8-16(15)27-4)9-22-23-17(25)10-24-11-21-19-18(20(24)26)12(2)13(3)29-19/h6-9,11H,5,10H2,1-4H3,(H,23,25)/b22-9-. The van der Waals surface area contributed by atoms with E-state index in [0.717, 1.165) is 16.0 Å². The molecular formula is C20H22N4O4S. The molecule has 9 heteroatoms. The smallest absolute Gasteiger partial charge is 0.262 e. The van der Waals surface area contributed by atoms with Gasteiger partial charge in [0.25, 0.3) is 11.5 Å². The van der Waals surface area contributed by atoms with Gasteiger partial charge in [-0.3, -0.25) is 14.2 Å². The average Bonchev–Trinajstić information content (AvgIpc) is 3.00. The molecule has 0 bridgehead atoms. The molecule has 3 rings (SSSR count). The lowest BCUT2D eigenvalue weighted by atomic mass is 10.2. The van der Waals surface area contributed by atoms with Crippen molar-refractivity contribution >= 4 is 33.7 Å². The lowest BCUT2D eigenvalue weighted by Crippen LogP contribution is -2.30. The van der Waals surface area contributed by atoms with Crippen LogP contribution in [0.4, 0.5) is 0 Å². The molecule has 1 amide bonds. The van der Waals surface area contributed by atoms with Crippen molar-refractivity contribution in [1.29, 1.82) is 0 Å². The van der Waals surface area contributed by atoms with Crippen LogP contribution in [0.3, 0.4) is 0 Å². The zero-order valence-electron chi connectivity index (χ0n) is 16.7. The first-order valence-corrected chi connectivity index (χ1v) is 9.84. The number of aryl methyl sites for hydroxylation is 2. The van der Waals surface area contributed by atoms with Gasteiger partial charge in [-0.05, 0) is 50.1 Å². The maximum absolute atomic E-state index is 12.6. The summed E-state index contributed by atoms with van der Waals surface area (Å²) in [5.41, 5.74) is 3.83. The quantitative estimate of drug-likeness (QED) is 0.474. The Morgan fingerprint density at radius 1 is 1.34 bits per heavy atom. The highest BCUT2D eigenvalue weighted by Gasteiger charge is 2.13. The number of benzene rings is 1. The molecule has 152 valence electrons. The van der Waals surface area contributed by atoms with Crippen molar-refractivity contribution in [3.8, 4) is 11.5 Å². The van der Waals surface area contributed by atoms with Crippen molar-refractivity contribution in [1.82, 2.24) is 15.0 Å². The molecule has 0 saturated heterocycles. The summed E-state index contributed by atoms with van der Waals surface area (Å²) in [6.45, 7) is 6.09. The Kier molecular flexibility index (Phi) is 6.28. The van der Waals surface area contributed by atoms with E-state index in [9.17, 15) is 9.59 Å². The van der Waals surface area contributed by atoms with Crippen LogP contribution in [0.2, 0.25) is 0 Å². The van der Waals surface area contributed by atoms with Gasteiger partial charge in [0.05, 0.1) is 31.6 Å². The maximum Gasteiger partial charge on any atom is 0.262 e. The number of aromatic nitrogens is 2. The van der Waals surface area contributed by atoms with Crippen molar-refractivity contribution in [3.63, 3.8) is 0 Å². The molecule has 1 aromatic carbocycles. The van der Waals surface area contributed by atoms with Gasteiger partial charge in [0, 0.05) is 4.88 Å². The Balaban J connectivity index is 1.69. The van der Waals surface area contributed by atoms with Gasteiger partial charge in [-0.2, -0.15) is 5.10 Å². The molecule has 0 spiro atoms. The topological polar surface area (TPSA) is 94.8 Å². The molecule has 0 aliphatic rings. The highest BCUT2D eigenvalue weighted by molar-refractivity contribution is 7.18. The van der Waals surface area contributed by atoms with Crippen LogP contribution in [-0.4, -0.2) is 35.4 Å². The van der Waals surface area contributed by atoms with Crippen LogP contribution in [0.5, 0.6) is 11.5 Å². The van der Waals surface area contributed by atoms with Gasteiger partial charge in [-0.15, -0.1) is 11.3 Å². The normalized spacial score (nSPS) is 11.2. The number of nitrogens with zero attached hydrogens (tertiary/aromatic N) is 3. The third-order valence-corrected chi connectivity index (χ3v) is 5.48. The Morgan fingerprint density at radius 3 is 2.86 bits per heavy atom. The van der Waals surface area contributed by atoms with E-state index in [1.807, 2.05) is 20.8 Å². The van der Waals surface area contributed by atoms with Crippen LogP contribution in [0.1, 0.15) is 22.9 Å².